The highest BCUT2D eigenvalue weighted by Gasteiger charge is 2.56. The number of halogens is 13. The minimum Gasteiger partial charge on any atom is -0.398 e. The predicted octanol–water partition coefficient (Wildman–Crippen LogP) is 19.2. The predicted molar refractivity (Wildman–Crippen MR) is 406 cm³/mol. The number of carbonyl (C=O) groups is 1. The number of aromatic nitrogens is 10. The third-order valence-corrected chi connectivity index (χ3v) is 19.0. The van der Waals surface area contributed by atoms with Gasteiger partial charge in [0.15, 0.2) is 60.6 Å². The first kappa shape index (κ1) is 84.4. The summed E-state index contributed by atoms with van der Waals surface area (Å²) in [6.07, 6.45) is 3.48. The first-order valence-electron chi connectivity index (χ1n) is 35.3. The molecule has 0 spiro atoms. The summed E-state index contributed by atoms with van der Waals surface area (Å²) >= 11 is 5.93. The number of nitrogens with zero attached hydrogens (tertiary/aromatic N) is 10. The molecule has 14 aromatic rings. The molecule has 0 aliphatic heterocycles. The number of para-hydroxylation sites is 6. The van der Waals surface area contributed by atoms with Crippen LogP contribution in [0.4, 0.5) is 52.7 Å². The number of aryl methyl sites for hydroxylation is 11. The molecule has 0 atom stereocenters. The Morgan fingerprint density at radius 2 is 0.991 bits per heavy atom. The molecular weight excluding hydrogens is 1480 g/mol. The molecule has 25 heteroatoms. The fraction of sp³-hybridized carbons (Fsp3) is 0.230. The zero-order valence-corrected chi connectivity index (χ0v) is 65.5. The van der Waals surface area contributed by atoms with Crippen molar-refractivity contribution in [3.8, 4) is 56.6 Å². The molecule has 0 saturated heterocycles. The first-order valence-corrected chi connectivity index (χ1v) is 35.7. The number of benzene rings is 8. The average molecular weight is 1570 g/mol. The highest BCUT2D eigenvalue weighted by atomic mass is 35.5. The van der Waals surface area contributed by atoms with Crippen molar-refractivity contribution in [3.05, 3.63) is 321 Å². The van der Waals surface area contributed by atoms with E-state index in [1.807, 2.05) is 157 Å². The molecule has 0 bridgehead atoms. The lowest BCUT2D eigenvalue weighted by Gasteiger charge is -2.20. The topological polar surface area (TPSA) is 73.2 Å². The van der Waals surface area contributed by atoms with Crippen LogP contribution in [-0.4, -0.2) is 30.4 Å². The van der Waals surface area contributed by atoms with Gasteiger partial charge in [0.25, 0.3) is 17.4 Å². The Kier molecular flexibility index (Phi) is 26.5. The Morgan fingerprint density at radius 3 is 1.46 bits per heavy atom. The van der Waals surface area contributed by atoms with Crippen molar-refractivity contribution in [2.24, 2.45) is 42.3 Å². The van der Waals surface area contributed by atoms with Gasteiger partial charge in [0.2, 0.25) is 41.2 Å². The molecule has 0 radical (unpaired) electrons. The molecule has 0 aliphatic rings. The summed E-state index contributed by atoms with van der Waals surface area (Å²) in [7, 11) is 10.5. The van der Waals surface area contributed by atoms with E-state index in [4.69, 9.17) is 16.0 Å². The van der Waals surface area contributed by atoms with Gasteiger partial charge in [0, 0.05) is 58.1 Å². The van der Waals surface area contributed by atoms with E-state index in [0.29, 0.717) is 10.2 Å². The maximum Gasteiger partial charge on any atom is 0.427 e. The van der Waals surface area contributed by atoms with Gasteiger partial charge in [-0.1, -0.05) is 138 Å². The van der Waals surface area contributed by atoms with Crippen LogP contribution in [0.1, 0.15) is 86.5 Å². The summed E-state index contributed by atoms with van der Waals surface area (Å²) < 4.78 is 187. The van der Waals surface area contributed by atoms with Crippen LogP contribution in [0.5, 0.6) is 0 Å². The van der Waals surface area contributed by atoms with Gasteiger partial charge in [0.1, 0.15) is 36.1 Å². The van der Waals surface area contributed by atoms with Gasteiger partial charge in [-0.15, -0.1) is 27.8 Å². The van der Waals surface area contributed by atoms with Gasteiger partial charge in [-0.05, 0) is 138 Å². The van der Waals surface area contributed by atoms with E-state index in [0.717, 1.165) is 68.4 Å². The van der Waals surface area contributed by atoms with Crippen molar-refractivity contribution >= 4 is 28.5 Å². The Balaban J connectivity index is 0.000000157. The van der Waals surface area contributed by atoms with E-state index in [2.05, 4.69) is 129 Å². The number of pyridine rings is 1. The Morgan fingerprint density at radius 1 is 0.509 bits per heavy atom. The van der Waals surface area contributed by atoms with Gasteiger partial charge < -0.3 is 4.42 Å². The normalized spacial score (nSPS) is 11.3. The number of oxazole rings is 1. The third kappa shape index (κ3) is 19.0. The summed E-state index contributed by atoms with van der Waals surface area (Å²) in [5.41, 5.74) is 12.3. The smallest absolute Gasteiger partial charge is 0.398 e. The second-order valence-corrected chi connectivity index (χ2v) is 27.7. The maximum atomic E-state index is 14.6. The molecule has 112 heavy (non-hydrogen) atoms. The zero-order valence-electron chi connectivity index (χ0n) is 64.8. The highest BCUT2D eigenvalue weighted by molar-refractivity contribution is 6.30. The monoisotopic (exact) mass is 1570 g/mol. The second-order valence-electron chi connectivity index (χ2n) is 27.3. The highest BCUT2D eigenvalue weighted by Crippen LogP contribution is 2.45. The standard InChI is InChI=1S/C20H16F4N.C16H15F8N2.C15H14NO.C13H15N2O.C12H15N2.C11H12ClN2/c1-11-6-4-5-7-14(11)15-9-8-13(10-25(15)3)16-12(2)17(21)19(23)20(24)18(16)22;1-9-6-4-5-7-10(9)26-13(17)11(16(22,23)24)12(25(26)3)15(20,21)8-14(2,18)19;1-11-7-3-4-8-12(11)15-16(2)13-9-5-6-10-14(13)17-15;1-10-6-4-5-7-13(10)15-9-12(11(2)16)8-14(15)3;1-10-6-4-5-7-12(10)14-9-8-11(2)13(14)3;1-9-5-3-4-6-11(9)14-8-10(12)7-13(14)2/h4-10H,1-3H3;4-7H,8H2,1-3H3;3-10H,1-2H3;4-9H,1-3H3;4-9H,1-3H3;3-8H,1-2H3/q6*+1. The van der Waals surface area contributed by atoms with Crippen LogP contribution in [0, 0.1) is 84.6 Å². The number of Topliss-reactive ketones (excluding diaryl/α,β-unsaturated/α-hetero) is 1. The van der Waals surface area contributed by atoms with Crippen LogP contribution < -0.4 is 27.9 Å². The van der Waals surface area contributed by atoms with Gasteiger partial charge in [0.05, 0.1) is 44.2 Å². The van der Waals surface area contributed by atoms with Crippen LogP contribution in [0.15, 0.2) is 230 Å². The van der Waals surface area contributed by atoms with Crippen molar-refractivity contribution < 1.29 is 89.8 Å². The van der Waals surface area contributed by atoms with Crippen molar-refractivity contribution in [2.45, 2.75) is 93.7 Å². The second kappa shape index (κ2) is 35.1. The third-order valence-electron chi connectivity index (χ3n) is 18.8. The number of hydrogen-bond acceptors (Lipinski definition) is 2. The van der Waals surface area contributed by atoms with Crippen LogP contribution in [0.3, 0.4) is 0 Å². The van der Waals surface area contributed by atoms with Crippen molar-refractivity contribution in [1.82, 2.24) is 18.7 Å². The molecule has 6 heterocycles. The van der Waals surface area contributed by atoms with Crippen molar-refractivity contribution in [2.75, 3.05) is 0 Å². The minimum absolute atomic E-state index is 0.0861. The van der Waals surface area contributed by atoms with Gasteiger partial charge in [-0.25, -0.2) is 30.9 Å². The molecule has 0 saturated carbocycles. The fourth-order valence-corrected chi connectivity index (χ4v) is 13.1. The molecule has 0 N–H and O–H groups in total. The van der Waals surface area contributed by atoms with E-state index >= 15 is 0 Å². The maximum absolute atomic E-state index is 14.6. The quantitative estimate of drug-likeness (QED) is 0.0425. The molecule has 6 aromatic heterocycles. The molecule has 0 unspecified atom stereocenters. The molecule has 582 valence electrons. The average Bonchev–Trinajstić information content (AvgIpc) is 1.58. The van der Waals surface area contributed by atoms with E-state index < -0.39 is 64.9 Å². The number of hydrogen-bond donors (Lipinski definition) is 0. The molecule has 14 rings (SSSR count). The lowest BCUT2D eigenvalue weighted by molar-refractivity contribution is -0.744. The van der Waals surface area contributed by atoms with Gasteiger partial charge in [-0.2, -0.15) is 31.2 Å². The Hall–Kier alpha value is -11.7. The number of alkyl halides is 7. The fourth-order valence-electron chi connectivity index (χ4n) is 12.9. The van der Waals surface area contributed by atoms with Crippen molar-refractivity contribution in [3.63, 3.8) is 0 Å². The van der Waals surface area contributed by atoms with Crippen LogP contribution in [0.2, 0.25) is 5.02 Å². The summed E-state index contributed by atoms with van der Waals surface area (Å²) in [6, 6.07) is 59.9. The van der Waals surface area contributed by atoms with E-state index in [9.17, 15) is 57.5 Å². The summed E-state index contributed by atoms with van der Waals surface area (Å²) in [5, 5.41) is 0.746. The molecule has 12 nitrogen and oxygen atoms in total. The number of rotatable bonds is 11. The molecule has 8 aromatic carbocycles. The van der Waals surface area contributed by atoms with E-state index in [1.165, 1.54) is 71.7 Å². The van der Waals surface area contributed by atoms with Gasteiger partial charge >= 0.3 is 18.0 Å². The summed E-state index contributed by atoms with van der Waals surface area (Å²) in [4.78, 5) is 11.3. The number of fused-ring (bicyclic) bond motifs is 1. The minimum atomic E-state index is -5.50. The Labute approximate surface area is 647 Å². The first-order chi connectivity index (χ1) is 52.7. The number of carbonyl (C=O) groups excluding carboxylic acids is 1. The van der Waals surface area contributed by atoms with Gasteiger partial charge in [-0.3, -0.25) is 4.79 Å². The van der Waals surface area contributed by atoms with Crippen molar-refractivity contribution in [1.29, 1.82) is 0 Å². The summed E-state index contributed by atoms with van der Waals surface area (Å²) in [6.45, 7) is 16.9. The van der Waals surface area contributed by atoms with Crippen LogP contribution in [0.25, 0.3) is 67.7 Å². The summed E-state index contributed by atoms with van der Waals surface area (Å²) in [5.74, 6) is -15.9. The zero-order chi connectivity index (χ0) is 82.2. The molecule has 0 fully saturated rings. The van der Waals surface area contributed by atoms with Crippen LogP contribution in [-0.2, 0) is 54.4 Å². The largest absolute Gasteiger partial charge is 0.427 e. The number of ketones is 1. The Bertz CT molecular complexity index is 5650. The van der Waals surface area contributed by atoms with Crippen LogP contribution >= 0.6 is 11.6 Å². The SMILES string of the molecule is CC(=O)c1cn(-c2ccccc2C)[n+](C)c1.Cc1ccccc1-[n+]1c(F)c(C(F)(F)F)c(C(F)(F)CC(C)(F)F)n1C.Cc1ccccc1-[n+]1ccc(C)n1C.Cc1ccccc1-c1ccc(-c2c(C)c(F)c(F)c(F)c2F)c[n+]1C.Cc1ccccc1-c1oc2ccccc2[n+]1C.Cc1ccccc1-n1cc(Cl)c[n+]1C. The molecule has 0 amide bonds. The lowest BCUT2D eigenvalue weighted by atomic mass is 9.98. The molecule has 0 aliphatic carbocycles. The van der Waals surface area contributed by atoms with E-state index in [-0.39, 0.29) is 39.8 Å². The van der Waals surface area contributed by atoms with E-state index in [1.54, 1.807) is 36.9 Å². The lowest BCUT2D eigenvalue weighted by Crippen LogP contribution is -2.44. The molecular formula is C87H87ClF12N10O2+6.